The Labute approximate surface area is 166 Å². The molecule has 0 saturated heterocycles. The number of hydrogen-bond acceptors (Lipinski definition) is 6. The molecule has 1 spiro atoms. The third kappa shape index (κ3) is 1.95. The number of aliphatic hydroxyl groups excluding tert-OH is 2. The molecule has 4 aliphatic rings. The third-order valence-corrected chi connectivity index (χ3v) is 9.12. The molecule has 4 aliphatic carbocycles. The van der Waals surface area contributed by atoms with Gasteiger partial charge in [0.1, 0.15) is 11.5 Å². The molecule has 0 aromatic carbocycles. The highest BCUT2D eigenvalue weighted by Gasteiger charge is 2.81. The maximum Gasteiger partial charge on any atom is 0.302 e. The average molecular weight is 392 g/mol. The summed E-state index contributed by atoms with van der Waals surface area (Å²) in [6.07, 6.45) is -0.381. The van der Waals surface area contributed by atoms with Crippen molar-refractivity contribution in [3.63, 3.8) is 0 Å². The van der Waals surface area contributed by atoms with E-state index < -0.39 is 40.0 Å². The molecule has 2 bridgehead atoms. The quantitative estimate of drug-likeness (QED) is 0.464. The van der Waals surface area contributed by atoms with Gasteiger partial charge in [-0.15, -0.1) is 0 Å². The van der Waals surface area contributed by atoms with E-state index in [1.807, 2.05) is 20.8 Å². The Bertz CT molecular complexity index is 758. The van der Waals surface area contributed by atoms with Crippen LogP contribution in [-0.4, -0.2) is 51.0 Å². The average Bonchev–Trinajstić information content (AvgIpc) is 2.72. The summed E-state index contributed by atoms with van der Waals surface area (Å²) in [6.45, 7) is 11.3. The summed E-state index contributed by atoms with van der Waals surface area (Å²) in [7, 11) is 0. The molecule has 8 atom stereocenters. The number of Topliss-reactive ketones (excluding diaryl/α,β-unsaturated/α-hetero) is 1. The smallest absolute Gasteiger partial charge is 0.302 e. The van der Waals surface area contributed by atoms with Crippen LogP contribution in [0.15, 0.2) is 12.2 Å². The zero-order valence-electron chi connectivity index (χ0n) is 17.2. The summed E-state index contributed by atoms with van der Waals surface area (Å²) in [6, 6.07) is 0. The first-order valence-electron chi connectivity index (χ1n) is 10.3. The Hall–Kier alpha value is -1.24. The van der Waals surface area contributed by atoms with Crippen LogP contribution in [-0.2, 0) is 14.3 Å². The van der Waals surface area contributed by atoms with Crippen LogP contribution in [0.25, 0.3) is 0 Å². The fourth-order valence-electron chi connectivity index (χ4n) is 7.70. The highest BCUT2D eigenvalue weighted by Crippen LogP contribution is 2.72. The number of hydrogen-bond donors (Lipinski definition) is 3. The molecule has 6 heteroatoms. The lowest BCUT2D eigenvalue weighted by atomic mass is 9.37. The van der Waals surface area contributed by atoms with Crippen molar-refractivity contribution in [2.24, 2.45) is 28.1 Å². The monoisotopic (exact) mass is 392 g/mol. The Morgan fingerprint density at radius 1 is 1.18 bits per heavy atom. The van der Waals surface area contributed by atoms with Crippen molar-refractivity contribution in [1.29, 1.82) is 0 Å². The lowest BCUT2D eigenvalue weighted by Crippen LogP contribution is -2.77. The Morgan fingerprint density at radius 2 is 1.82 bits per heavy atom. The fourth-order valence-corrected chi connectivity index (χ4v) is 7.70. The number of carbonyl (C=O) groups is 2. The van der Waals surface area contributed by atoms with Crippen molar-refractivity contribution < 1.29 is 29.6 Å². The van der Waals surface area contributed by atoms with Crippen molar-refractivity contribution in [1.82, 2.24) is 0 Å². The second kappa shape index (κ2) is 5.67. The molecule has 0 heterocycles. The lowest BCUT2D eigenvalue weighted by Gasteiger charge is -2.69. The third-order valence-electron chi connectivity index (χ3n) is 9.12. The fraction of sp³-hybridized carbons (Fsp3) is 0.818. The van der Waals surface area contributed by atoms with E-state index in [1.165, 1.54) is 6.92 Å². The SMILES string of the molecule is C=C1C(=O)C23C(O)CC4C(C)(C)[C@@H](OC(C)=O)CCC4(C)[C@]2(O)CCC1[C@@H]3O. The van der Waals surface area contributed by atoms with Gasteiger partial charge >= 0.3 is 5.97 Å². The van der Waals surface area contributed by atoms with Crippen LogP contribution >= 0.6 is 0 Å². The van der Waals surface area contributed by atoms with Gasteiger partial charge in [0.25, 0.3) is 0 Å². The predicted molar refractivity (Wildman–Crippen MR) is 101 cm³/mol. The molecule has 4 saturated carbocycles. The van der Waals surface area contributed by atoms with E-state index in [9.17, 15) is 24.9 Å². The standard InChI is InChI=1S/C22H32O6/c1-11-13-6-9-21(27)20(5)8-7-16(28-12(2)23)19(3,4)14(20)10-15(24)22(21,17(11)25)18(13)26/h13-16,18,24,26-27H,1,6-10H2,2-5H3/t13?,14?,15?,16-,18-,20?,21+,22?/m0/s1. The molecule has 4 rings (SSSR count). The van der Waals surface area contributed by atoms with E-state index in [4.69, 9.17) is 4.74 Å². The largest absolute Gasteiger partial charge is 0.462 e. The van der Waals surface area contributed by atoms with Crippen molar-refractivity contribution in [2.75, 3.05) is 0 Å². The molecular weight excluding hydrogens is 360 g/mol. The van der Waals surface area contributed by atoms with E-state index in [0.717, 1.165) is 0 Å². The molecule has 0 amide bonds. The van der Waals surface area contributed by atoms with Crippen molar-refractivity contribution >= 4 is 11.8 Å². The summed E-state index contributed by atoms with van der Waals surface area (Å²) < 4.78 is 5.59. The van der Waals surface area contributed by atoms with Crippen molar-refractivity contribution in [3.05, 3.63) is 12.2 Å². The zero-order chi connectivity index (χ0) is 20.9. The number of aliphatic hydroxyl groups is 3. The molecule has 0 radical (unpaired) electrons. The molecular formula is C22H32O6. The van der Waals surface area contributed by atoms with Gasteiger partial charge in [-0.3, -0.25) is 9.59 Å². The van der Waals surface area contributed by atoms with Crippen LogP contribution in [0.3, 0.4) is 0 Å². The van der Waals surface area contributed by atoms with Gasteiger partial charge < -0.3 is 20.1 Å². The van der Waals surface area contributed by atoms with Crippen LogP contribution in [0.1, 0.15) is 59.8 Å². The lowest BCUT2D eigenvalue weighted by molar-refractivity contribution is -0.313. The molecule has 0 aromatic heterocycles. The molecule has 0 aliphatic heterocycles. The first-order chi connectivity index (χ1) is 12.9. The molecule has 3 N–H and O–H groups in total. The minimum absolute atomic E-state index is 0.172. The van der Waals surface area contributed by atoms with Gasteiger partial charge in [0.2, 0.25) is 0 Å². The van der Waals surface area contributed by atoms with Gasteiger partial charge in [-0.05, 0) is 43.6 Å². The Morgan fingerprint density at radius 3 is 2.43 bits per heavy atom. The van der Waals surface area contributed by atoms with E-state index in [0.29, 0.717) is 31.3 Å². The van der Waals surface area contributed by atoms with Gasteiger partial charge in [-0.1, -0.05) is 27.4 Å². The van der Waals surface area contributed by atoms with E-state index in [-0.39, 0.29) is 30.2 Å². The number of ketones is 1. The second-order valence-corrected chi connectivity index (χ2v) is 10.4. The van der Waals surface area contributed by atoms with Gasteiger partial charge in [0, 0.05) is 23.7 Å². The van der Waals surface area contributed by atoms with Crippen LogP contribution in [0.4, 0.5) is 0 Å². The molecule has 6 nitrogen and oxygen atoms in total. The van der Waals surface area contributed by atoms with Crippen LogP contribution < -0.4 is 0 Å². The first kappa shape index (κ1) is 20.0. The Kier molecular flexibility index (Phi) is 4.06. The normalized spacial score (nSPS) is 52.0. The summed E-state index contributed by atoms with van der Waals surface area (Å²) in [5.41, 5.74) is -4.00. The van der Waals surface area contributed by atoms with Gasteiger partial charge in [0.05, 0.1) is 17.8 Å². The van der Waals surface area contributed by atoms with Gasteiger partial charge in [-0.2, -0.15) is 0 Å². The van der Waals surface area contributed by atoms with Crippen molar-refractivity contribution in [3.8, 4) is 0 Å². The second-order valence-electron chi connectivity index (χ2n) is 10.4. The van der Waals surface area contributed by atoms with Crippen LogP contribution in [0.2, 0.25) is 0 Å². The number of fused-ring (bicyclic) bond motifs is 3. The van der Waals surface area contributed by atoms with E-state index >= 15 is 0 Å². The summed E-state index contributed by atoms with van der Waals surface area (Å²) in [5.74, 6) is -1.29. The summed E-state index contributed by atoms with van der Waals surface area (Å²) in [4.78, 5) is 24.9. The highest BCUT2D eigenvalue weighted by atomic mass is 16.5. The van der Waals surface area contributed by atoms with E-state index in [2.05, 4.69) is 6.58 Å². The predicted octanol–water partition coefficient (Wildman–Crippen LogP) is 1.75. The van der Waals surface area contributed by atoms with Crippen LogP contribution in [0, 0.1) is 28.1 Å². The topological polar surface area (TPSA) is 104 Å². The minimum atomic E-state index is -1.61. The van der Waals surface area contributed by atoms with Crippen LogP contribution in [0.5, 0.6) is 0 Å². The molecule has 0 aromatic rings. The summed E-state index contributed by atoms with van der Waals surface area (Å²) >= 11 is 0. The molecule has 156 valence electrons. The van der Waals surface area contributed by atoms with Gasteiger partial charge in [0.15, 0.2) is 5.78 Å². The maximum absolute atomic E-state index is 13.3. The summed E-state index contributed by atoms with van der Waals surface area (Å²) in [5, 5.41) is 34.5. The first-order valence-corrected chi connectivity index (χ1v) is 10.3. The maximum atomic E-state index is 13.3. The number of rotatable bonds is 1. The number of ether oxygens (including phenoxy) is 1. The number of esters is 1. The van der Waals surface area contributed by atoms with Gasteiger partial charge in [-0.25, -0.2) is 0 Å². The number of carbonyl (C=O) groups excluding carboxylic acids is 2. The highest BCUT2D eigenvalue weighted by molar-refractivity contribution is 6.05. The molecule has 5 unspecified atom stereocenters. The Balaban J connectivity index is 1.85. The molecule has 4 fully saturated rings. The molecule has 28 heavy (non-hydrogen) atoms. The van der Waals surface area contributed by atoms with E-state index in [1.54, 1.807) is 0 Å². The van der Waals surface area contributed by atoms with Crippen molar-refractivity contribution in [2.45, 2.75) is 83.7 Å². The zero-order valence-corrected chi connectivity index (χ0v) is 17.2. The minimum Gasteiger partial charge on any atom is -0.462 e.